The zero-order valence-electron chi connectivity index (χ0n) is 13.0. The Balaban J connectivity index is 1.65. The van der Waals surface area contributed by atoms with Gasteiger partial charge in [0.05, 0.1) is 11.4 Å². The normalized spacial score (nSPS) is 13.6. The zero-order valence-corrected chi connectivity index (χ0v) is 14.6. The topological polar surface area (TPSA) is 38.1 Å². The van der Waals surface area contributed by atoms with E-state index in [1.54, 1.807) is 51.8 Å². The second-order valence-electron chi connectivity index (χ2n) is 5.54. The van der Waals surface area contributed by atoms with Gasteiger partial charge in [0.1, 0.15) is 5.82 Å². The van der Waals surface area contributed by atoms with Crippen LogP contribution < -0.4 is 4.90 Å². The number of nitrogens with zero attached hydrogens (tertiary/aromatic N) is 3. The fourth-order valence-corrected chi connectivity index (χ4v) is 3.86. The van der Waals surface area contributed by atoms with Crippen molar-refractivity contribution in [1.29, 1.82) is 0 Å². The molecular formula is C18H13ClFN3OS. The van der Waals surface area contributed by atoms with E-state index in [1.807, 2.05) is 12.1 Å². The summed E-state index contributed by atoms with van der Waals surface area (Å²) in [7, 11) is 0. The van der Waals surface area contributed by atoms with Crippen LogP contribution in [0.3, 0.4) is 0 Å². The number of rotatable bonds is 2. The van der Waals surface area contributed by atoms with E-state index in [1.165, 1.54) is 12.1 Å². The van der Waals surface area contributed by atoms with Gasteiger partial charge in [-0.25, -0.2) is 9.07 Å². The monoisotopic (exact) mass is 373 g/mol. The first-order chi connectivity index (χ1) is 12.1. The van der Waals surface area contributed by atoms with Gasteiger partial charge in [-0.15, -0.1) is 11.8 Å². The Labute approximate surface area is 153 Å². The van der Waals surface area contributed by atoms with Gasteiger partial charge >= 0.3 is 0 Å². The summed E-state index contributed by atoms with van der Waals surface area (Å²) in [5, 5.41) is 4.94. The van der Waals surface area contributed by atoms with E-state index >= 15 is 0 Å². The van der Waals surface area contributed by atoms with Crippen LogP contribution in [0.25, 0.3) is 5.69 Å². The van der Waals surface area contributed by atoms with Crippen LogP contribution in [0.4, 0.5) is 10.1 Å². The molecular weight excluding hydrogens is 361 g/mol. The number of hydrogen-bond donors (Lipinski definition) is 0. The molecule has 1 amide bonds. The van der Waals surface area contributed by atoms with E-state index in [0.29, 0.717) is 22.9 Å². The van der Waals surface area contributed by atoms with Crippen molar-refractivity contribution in [1.82, 2.24) is 9.78 Å². The number of amides is 1. The van der Waals surface area contributed by atoms with Crippen molar-refractivity contribution in [2.75, 3.05) is 17.2 Å². The van der Waals surface area contributed by atoms with Gasteiger partial charge < -0.3 is 4.90 Å². The molecule has 3 aromatic rings. The summed E-state index contributed by atoms with van der Waals surface area (Å²) in [6.07, 6.45) is 1.69. The molecule has 0 saturated heterocycles. The summed E-state index contributed by atoms with van der Waals surface area (Å²) in [5.74, 6) is 0.329. The smallest absolute Gasteiger partial charge is 0.278 e. The van der Waals surface area contributed by atoms with E-state index < -0.39 is 0 Å². The Morgan fingerprint density at radius 3 is 2.76 bits per heavy atom. The number of benzene rings is 2. The number of aromatic nitrogens is 2. The molecule has 1 aliphatic heterocycles. The Hall–Kier alpha value is -2.31. The van der Waals surface area contributed by atoms with E-state index in [0.717, 1.165) is 16.3 Å². The highest BCUT2D eigenvalue weighted by molar-refractivity contribution is 7.99. The maximum atomic E-state index is 13.0. The first-order valence-corrected chi connectivity index (χ1v) is 9.04. The predicted octanol–water partition coefficient (Wildman–Crippen LogP) is 4.42. The minimum Gasteiger partial charge on any atom is -0.305 e. The van der Waals surface area contributed by atoms with Crippen molar-refractivity contribution in [3.05, 3.63) is 71.3 Å². The predicted molar refractivity (Wildman–Crippen MR) is 97.4 cm³/mol. The molecule has 0 N–H and O–H groups in total. The highest BCUT2D eigenvalue weighted by Crippen LogP contribution is 2.37. The molecule has 4 nitrogen and oxygen atoms in total. The summed E-state index contributed by atoms with van der Waals surface area (Å²) in [5.41, 5.74) is 1.84. The highest BCUT2D eigenvalue weighted by atomic mass is 35.5. The Morgan fingerprint density at radius 2 is 1.96 bits per heavy atom. The van der Waals surface area contributed by atoms with Crippen molar-refractivity contribution >= 4 is 35.0 Å². The molecule has 0 radical (unpaired) electrons. The molecule has 25 heavy (non-hydrogen) atoms. The number of hydrogen-bond acceptors (Lipinski definition) is 3. The van der Waals surface area contributed by atoms with Crippen LogP contribution in [0.1, 0.15) is 10.5 Å². The molecule has 0 aliphatic carbocycles. The lowest BCUT2D eigenvalue weighted by atomic mass is 10.2. The lowest BCUT2D eigenvalue weighted by Crippen LogP contribution is -2.35. The maximum absolute atomic E-state index is 13.0. The Bertz CT molecular complexity index is 942. The quantitative estimate of drug-likeness (QED) is 0.667. The first kappa shape index (κ1) is 16.2. The molecule has 7 heteroatoms. The summed E-state index contributed by atoms with van der Waals surface area (Å²) in [6, 6.07) is 13.2. The largest absolute Gasteiger partial charge is 0.305 e. The van der Waals surface area contributed by atoms with Crippen LogP contribution in [0.2, 0.25) is 5.02 Å². The molecule has 0 spiro atoms. The van der Waals surface area contributed by atoms with E-state index in [-0.39, 0.29) is 11.7 Å². The third kappa shape index (κ3) is 3.15. The number of thioether (sulfide) groups is 1. The van der Waals surface area contributed by atoms with Crippen LogP contribution in [0.15, 0.2) is 59.6 Å². The summed E-state index contributed by atoms with van der Waals surface area (Å²) >= 11 is 7.80. The minimum atomic E-state index is -0.313. The summed E-state index contributed by atoms with van der Waals surface area (Å²) in [6.45, 7) is 0.597. The molecule has 0 unspecified atom stereocenters. The van der Waals surface area contributed by atoms with Crippen molar-refractivity contribution in [2.45, 2.75) is 4.90 Å². The average molecular weight is 374 g/mol. The average Bonchev–Trinajstić information content (AvgIpc) is 3.11. The van der Waals surface area contributed by atoms with Gasteiger partial charge in [0.2, 0.25) is 0 Å². The van der Waals surface area contributed by atoms with Gasteiger partial charge in [-0.1, -0.05) is 11.6 Å². The zero-order chi connectivity index (χ0) is 17.4. The fourth-order valence-electron chi connectivity index (χ4n) is 2.72. The van der Waals surface area contributed by atoms with Gasteiger partial charge in [-0.2, -0.15) is 5.10 Å². The first-order valence-electron chi connectivity index (χ1n) is 7.68. The molecule has 1 aromatic heterocycles. The molecule has 0 fully saturated rings. The number of carbonyl (C=O) groups excluding carboxylic acids is 1. The van der Waals surface area contributed by atoms with Crippen molar-refractivity contribution < 1.29 is 9.18 Å². The number of carbonyl (C=O) groups is 1. The van der Waals surface area contributed by atoms with E-state index in [2.05, 4.69) is 5.10 Å². The standard InChI is InChI=1S/C18H13ClFN3OS/c19-12-1-6-17-16(11-12)22(9-10-25-17)18(24)15-7-8-23(21-15)14-4-2-13(20)3-5-14/h1-8,11H,9-10H2. The van der Waals surface area contributed by atoms with Gasteiger partial charge in [0, 0.05) is 28.4 Å². The van der Waals surface area contributed by atoms with E-state index in [9.17, 15) is 9.18 Å². The van der Waals surface area contributed by atoms with Crippen LogP contribution >= 0.6 is 23.4 Å². The molecule has 126 valence electrons. The van der Waals surface area contributed by atoms with Gasteiger partial charge in [0.25, 0.3) is 5.91 Å². The van der Waals surface area contributed by atoms with Crippen LogP contribution in [0.5, 0.6) is 0 Å². The molecule has 0 atom stereocenters. The third-order valence-electron chi connectivity index (χ3n) is 3.93. The van der Waals surface area contributed by atoms with Gasteiger partial charge in [-0.05, 0) is 48.5 Å². The van der Waals surface area contributed by atoms with Crippen molar-refractivity contribution in [2.24, 2.45) is 0 Å². The third-order valence-corrected chi connectivity index (χ3v) is 5.21. The maximum Gasteiger partial charge on any atom is 0.278 e. The second-order valence-corrected chi connectivity index (χ2v) is 7.11. The highest BCUT2D eigenvalue weighted by Gasteiger charge is 2.25. The van der Waals surface area contributed by atoms with Crippen LogP contribution in [-0.4, -0.2) is 28.0 Å². The Kier molecular flexibility index (Phi) is 4.23. The molecule has 0 saturated carbocycles. The number of halogens is 2. The lowest BCUT2D eigenvalue weighted by molar-refractivity contribution is 0.0982. The van der Waals surface area contributed by atoms with Crippen LogP contribution in [-0.2, 0) is 0 Å². The number of anilines is 1. The fraction of sp³-hybridized carbons (Fsp3) is 0.111. The molecule has 2 heterocycles. The van der Waals surface area contributed by atoms with Gasteiger partial charge in [0.15, 0.2) is 5.69 Å². The Morgan fingerprint density at radius 1 is 1.16 bits per heavy atom. The molecule has 1 aliphatic rings. The minimum absolute atomic E-state index is 0.176. The molecule has 0 bridgehead atoms. The molecule has 4 rings (SSSR count). The van der Waals surface area contributed by atoms with Crippen molar-refractivity contribution in [3.63, 3.8) is 0 Å². The lowest BCUT2D eigenvalue weighted by Gasteiger charge is -2.28. The second kappa shape index (κ2) is 6.54. The van der Waals surface area contributed by atoms with Crippen LogP contribution in [0, 0.1) is 5.82 Å². The number of fused-ring (bicyclic) bond motifs is 1. The van der Waals surface area contributed by atoms with Gasteiger partial charge in [-0.3, -0.25) is 4.79 Å². The SMILES string of the molecule is O=C(c1ccn(-c2ccc(F)cc2)n1)N1CCSc2ccc(Cl)cc21. The summed E-state index contributed by atoms with van der Waals surface area (Å²) < 4.78 is 14.6. The van der Waals surface area contributed by atoms with Crippen molar-refractivity contribution in [3.8, 4) is 5.69 Å². The molecule has 2 aromatic carbocycles. The van der Waals surface area contributed by atoms with E-state index in [4.69, 9.17) is 11.6 Å². The summed E-state index contributed by atoms with van der Waals surface area (Å²) in [4.78, 5) is 15.6.